The zero-order valence-corrected chi connectivity index (χ0v) is 12.2. The van der Waals surface area contributed by atoms with Gasteiger partial charge in [0.05, 0.1) is 17.0 Å². The van der Waals surface area contributed by atoms with Crippen molar-refractivity contribution in [2.75, 3.05) is 12.3 Å². The molecular formula is C13H24N4O2. The van der Waals surface area contributed by atoms with Crippen LogP contribution in [0.2, 0.25) is 0 Å². The monoisotopic (exact) mass is 268 g/mol. The largest absolute Gasteiger partial charge is 0.395 e. The van der Waals surface area contributed by atoms with Crippen molar-refractivity contribution in [1.82, 2.24) is 15.1 Å². The second kappa shape index (κ2) is 6.06. The Labute approximate surface area is 114 Å². The molecular weight excluding hydrogens is 244 g/mol. The molecule has 1 amide bonds. The SMILES string of the molecule is CCn1nc(C)c(N)c1C(=O)NCC(O)(CC)CC. The van der Waals surface area contributed by atoms with Gasteiger partial charge in [0.2, 0.25) is 0 Å². The first-order valence-corrected chi connectivity index (χ1v) is 6.72. The molecule has 0 atom stereocenters. The Kier molecular flexibility index (Phi) is 4.94. The van der Waals surface area contributed by atoms with E-state index in [0.717, 1.165) is 0 Å². The fraction of sp³-hybridized carbons (Fsp3) is 0.692. The first-order valence-electron chi connectivity index (χ1n) is 6.72. The van der Waals surface area contributed by atoms with Crippen LogP contribution in [0.25, 0.3) is 0 Å². The highest BCUT2D eigenvalue weighted by molar-refractivity contribution is 5.98. The number of aromatic nitrogens is 2. The molecule has 1 heterocycles. The molecule has 0 fully saturated rings. The smallest absolute Gasteiger partial charge is 0.271 e. The highest BCUT2D eigenvalue weighted by atomic mass is 16.3. The Bertz CT molecular complexity index is 450. The molecule has 0 aliphatic heterocycles. The molecule has 1 aromatic heterocycles. The summed E-state index contributed by atoms with van der Waals surface area (Å²) in [4.78, 5) is 12.2. The van der Waals surface area contributed by atoms with Crippen molar-refractivity contribution >= 4 is 11.6 Å². The lowest BCUT2D eigenvalue weighted by molar-refractivity contribution is 0.0312. The number of aliphatic hydroxyl groups is 1. The van der Waals surface area contributed by atoms with Crippen LogP contribution in [0.1, 0.15) is 49.8 Å². The number of nitrogens with one attached hydrogen (secondary N) is 1. The van der Waals surface area contributed by atoms with Crippen LogP contribution in [-0.4, -0.2) is 32.9 Å². The summed E-state index contributed by atoms with van der Waals surface area (Å²) in [5, 5.41) is 17.1. The van der Waals surface area contributed by atoms with E-state index >= 15 is 0 Å². The number of rotatable bonds is 6. The first kappa shape index (κ1) is 15.5. The van der Waals surface area contributed by atoms with Crippen molar-refractivity contribution in [3.05, 3.63) is 11.4 Å². The Morgan fingerprint density at radius 3 is 2.47 bits per heavy atom. The van der Waals surface area contributed by atoms with Crippen LogP contribution in [0.4, 0.5) is 5.69 Å². The highest BCUT2D eigenvalue weighted by Gasteiger charge is 2.25. The van der Waals surface area contributed by atoms with Crippen molar-refractivity contribution in [3.8, 4) is 0 Å². The van der Waals surface area contributed by atoms with Gasteiger partial charge in [-0.05, 0) is 26.7 Å². The molecule has 0 spiro atoms. The Hall–Kier alpha value is -1.56. The topological polar surface area (TPSA) is 93.2 Å². The summed E-state index contributed by atoms with van der Waals surface area (Å²) in [5.41, 5.74) is 6.43. The zero-order chi connectivity index (χ0) is 14.6. The van der Waals surface area contributed by atoms with Crippen LogP contribution >= 0.6 is 0 Å². The summed E-state index contributed by atoms with van der Waals surface area (Å²) in [6.45, 7) is 8.25. The lowest BCUT2D eigenvalue weighted by Crippen LogP contribution is -2.42. The second-order valence-corrected chi connectivity index (χ2v) is 4.78. The van der Waals surface area contributed by atoms with E-state index in [9.17, 15) is 9.90 Å². The average molecular weight is 268 g/mol. The number of carbonyl (C=O) groups is 1. The summed E-state index contributed by atoms with van der Waals surface area (Å²) in [6, 6.07) is 0. The molecule has 0 radical (unpaired) electrons. The molecule has 1 rings (SSSR count). The van der Waals surface area contributed by atoms with E-state index < -0.39 is 5.60 Å². The van der Waals surface area contributed by atoms with Crippen molar-refractivity contribution in [3.63, 3.8) is 0 Å². The molecule has 6 heteroatoms. The number of hydrogen-bond acceptors (Lipinski definition) is 4. The third kappa shape index (κ3) is 3.26. The summed E-state index contributed by atoms with van der Waals surface area (Å²) >= 11 is 0. The molecule has 0 unspecified atom stereocenters. The lowest BCUT2D eigenvalue weighted by Gasteiger charge is -2.25. The first-order chi connectivity index (χ1) is 8.88. The van der Waals surface area contributed by atoms with Crippen molar-refractivity contribution in [2.45, 2.75) is 52.7 Å². The van der Waals surface area contributed by atoms with E-state index in [0.29, 0.717) is 36.5 Å². The molecule has 0 aromatic carbocycles. The fourth-order valence-electron chi connectivity index (χ4n) is 1.89. The fourth-order valence-corrected chi connectivity index (χ4v) is 1.89. The zero-order valence-electron chi connectivity index (χ0n) is 12.2. The van der Waals surface area contributed by atoms with Gasteiger partial charge in [-0.3, -0.25) is 9.48 Å². The average Bonchev–Trinajstić information content (AvgIpc) is 2.71. The normalized spacial score (nSPS) is 11.6. The molecule has 0 saturated carbocycles. The third-order valence-corrected chi connectivity index (χ3v) is 3.58. The van der Waals surface area contributed by atoms with Crippen molar-refractivity contribution in [2.24, 2.45) is 0 Å². The molecule has 6 nitrogen and oxygen atoms in total. The van der Waals surface area contributed by atoms with Crippen LogP contribution in [0, 0.1) is 6.92 Å². The lowest BCUT2D eigenvalue weighted by atomic mass is 9.97. The minimum Gasteiger partial charge on any atom is -0.395 e. The summed E-state index contributed by atoms with van der Waals surface area (Å²) in [6.07, 6.45) is 1.18. The third-order valence-electron chi connectivity index (χ3n) is 3.58. The van der Waals surface area contributed by atoms with Crippen LogP contribution in [0.5, 0.6) is 0 Å². The standard InChI is InChI=1S/C13H24N4O2/c1-5-13(19,6-2)8-15-12(18)11-10(14)9(4)16-17(11)7-3/h19H,5-8,14H2,1-4H3,(H,15,18). The van der Waals surface area contributed by atoms with Gasteiger partial charge in [0.25, 0.3) is 5.91 Å². The Morgan fingerprint density at radius 1 is 1.42 bits per heavy atom. The van der Waals surface area contributed by atoms with E-state index in [2.05, 4.69) is 10.4 Å². The van der Waals surface area contributed by atoms with Crippen LogP contribution in [-0.2, 0) is 6.54 Å². The number of hydrogen-bond donors (Lipinski definition) is 3. The molecule has 0 aliphatic carbocycles. The number of nitrogens with zero attached hydrogens (tertiary/aromatic N) is 2. The van der Waals surface area contributed by atoms with Crippen LogP contribution < -0.4 is 11.1 Å². The van der Waals surface area contributed by atoms with Gasteiger partial charge in [-0.15, -0.1) is 0 Å². The second-order valence-electron chi connectivity index (χ2n) is 4.78. The van der Waals surface area contributed by atoms with Gasteiger partial charge in [0.1, 0.15) is 5.69 Å². The molecule has 0 saturated heterocycles. The molecule has 4 N–H and O–H groups in total. The van der Waals surface area contributed by atoms with E-state index in [-0.39, 0.29) is 12.5 Å². The van der Waals surface area contributed by atoms with Gasteiger partial charge in [-0.1, -0.05) is 13.8 Å². The predicted molar refractivity (Wildman–Crippen MR) is 74.9 cm³/mol. The Balaban J connectivity index is 2.85. The van der Waals surface area contributed by atoms with Gasteiger partial charge in [-0.2, -0.15) is 5.10 Å². The predicted octanol–water partition coefficient (Wildman–Crippen LogP) is 1.07. The summed E-state index contributed by atoms with van der Waals surface area (Å²) < 4.78 is 1.58. The van der Waals surface area contributed by atoms with E-state index in [4.69, 9.17) is 5.73 Å². The highest BCUT2D eigenvalue weighted by Crippen LogP contribution is 2.17. The van der Waals surface area contributed by atoms with E-state index in [1.54, 1.807) is 11.6 Å². The number of carbonyl (C=O) groups excluding carboxylic acids is 1. The van der Waals surface area contributed by atoms with Crippen LogP contribution in [0.15, 0.2) is 0 Å². The van der Waals surface area contributed by atoms with E-state index in [1.165, 1.54) is 0 Å². The number of nitrogens with two attached hydrogens (primary N) is 1. The molecule has 108 valence electrons. The molecule has 0 aliphatic rings. The van der Waals surface area contributed by atoms with Gasteiger partial charge < -0.3 is 16.2 Å². The van der Waals surface area contributed by atoms with Gasteiger partial charge >= 0.3 is 0 Å². The number of nitrogen functional groups attached to an aromatic ring is 1. The maximum Gasteiger partial charge on any atom is 0.271 e. The quantitative estimate of drug-likeness (QED) is 0.719. The van der Waals surface area contributed by atoms with Gasteiger partial charge in [0.15, 0.2) is 0 Å². The number of anilines is 1. The maximum absolute atomic E-state index is 12.2. The van der Waals surface area contributed by atoms with Crippen molar-refractivity contribution < 1.29 is 9.90 Å². The molecule has 0 bridgehead atoms. The molecule has 1 aromatic rings. The van der Waals surface area contributed by atoms with Gasteiger partial charge in [-0.25, -0.2) is 0 Å². The minimum absolute atomic E-state index is 0.214. The summed E-state index contributed by atoms with van der Waals surface area (Å²) in [7, 11) is 0. The minimum atomic E-state index is -0.865. The Morgan fingerprint density at radius 2 is 2.00 bits per heavy atom. The van der Waals surface area contributed by atoms with Gasteiger partial charge in [0, 0.05) is 13.1 Å². The molecule has 19 heavy (non-hydrogen) atoms. The summed E-state index contributed by atoms with van der Waals surface area (Å²) in [5.74, 6) is -0.291. The number of aryl methyl sites for hydroxylation is 2. The van der Waals surface area contributed by atoms with Crippen molar-refractivity contribution in [1.29, 1.82) is 0 Å². The maximum atomic E-state index is 12.2. The number of amides is 1. The van der Waals surface area contributed by atoms with Crippen LogP contribution in [0.3, 0.4) is 0 Å². The van der Waals surface area contributed by atoms with E-state index in [1.807, 2.05) is 20.8 Å².